The Bertz CT molecular complexity index is 854. The van der Waals surface area contributed by atoms with Gasteiger partial charge in [-0.15, -0.1) is 10.1 Å². The van der Waals surface area contributed by atoms with Gasteiger partial charge in [0.15, 0.2) is 0 Å². The van der Waals surface area contributed by atoms with Gasteiger partial charge in [0.1, 0.15) is 0 Å². The largest absolute Gasteiger partial charge is 0.376 e. The molecule has 2 aliphatic rings. The molecular weight excluding hydrogens is 380 g/mol. The van der Waals surface area contributed by atoms with Crippen molar-refractivity contribution in [2.75, 3.05) is 26.4 Å². The molecule has 0 atom stereocenters. The van der Waals surface area contributed by atoms with Crippen LogP contribution in [0.1, 0.15) is 41.4 Å². The Morgan fingerprint density at radius 3 is 1.14 bits per heavy atom. The molecule has 0 aliphatic carbocycles. The number of nitrogens with zero attached hydrogens (tertiary/aromatic N) is 2. The molecule has 0 fully saturated rings. The zero-order chi connectivity index (χ0) is 20.4. The third-order valence-electron chi connectivity index (χ3n) is 4.41. The highest BCUT2D eigenvalue weighted by Gasteiger charge is 2.37. The van der Waals surface area contributed by atoms with Gasteiger partial charge in [-0.25, -0.2) is 0 Å². The first-order valence-corrected chi connectivity index (χ1v) is 8.89. The van der Waals surface area contributed by atoms with E-state index in [1.165, 1.54) is 0 Å². The van der Waals surface area contributed by atoms with Crippen molar-refractivity contribution >= 4 is 23.6 Å². The van der Waals surface area contributed by atoms with E-state index in [1.807, 2.05) is 0 Å². The number of hydrogen-bond acceptors (Lipinski definition) is 7. The fraction of sp³-hybridized carbons (Fsp3) is 0.200. The summed E-state index contributed by atoms with van der Waals surface area (Å²) in [6, 6.07) is 12.9. The monoisotopic (exact) mass is 396 g/mol. The second kappa shape index (κ2) is 7.92. The Hall–Kier alpha value is -3.40. The molecule has 148 valence electrons. The number of carbonyl (C=O) groups is 4. The number of benzene rings is 2. The van der Waals surface area contributed by atoms with Gasteiger partial charge in [-0.1, -0.05) is 24.3 Å². The number of hydroxylamine groups is 4. The maximum atomic E-state index is 12.1. The molecule has 0 aromatic heterocycles. The van der Waals surface area contributed by atoms with Gasteiger partial charge in [0, 0.05) is 0 Å². The second-order valence-electron chi connectivity index (χ2n) is 6.18. The molecule has 0 saturated carbocycles. The molecule has 2 aromatic rings. The Balaban J connectivity index is 1.17. The van der Waals surface area contributed by atoms with Crippen LogP contribution in [-0.2, 0) is 14.4 Å². The maximum Gasteiger partial charge on any atom is 0.285 e. The highest BCUT2D eigenvalue weighted by molar-refractivity contribution is 6.21. The van der Waals surface area contributed by atoms with Crippen LogP contribution < -0.4 is 0 Å². The lowest BCUT2D eigenvalue weighted by atomic mass is 10.1. The normalized spacial score (nSPS) is 15.3. The third-order valence-corrected chi connectivity index (χ3v) is 4.41. The molecule has 4 rings (SSSR count). The molecule has 0 spiro atoms. The van der Waals surface area contributed by atoms with Gasteiger partial charge in [0.2, 0.25) is 0 Å². The Morgan fingerprint density at radius 2 is 0.828 bits per heavy atom. The highest BCUT2D eigenvalue weighted by atomic mass is 16.7. The summed E-state index contributed by atoms with van der Waals surface area (Å²) in [6.45, 7) is 0.106. The number of fused-ring (bicyclic) bond motifs is 2. The van der Waals surface area contributed by atoms with E-state index in [-0.39, 0.29) is 26.4 Å². The van der Waals surface area contributed by atoms with Crippen LogP contribution in [0.15, 0.2) is 48.5 Å². The summed E-state index contributed by atoms with van der Waals surface area (Å²) < 4.78 is 5.30. The van der Waals surface area contributed by atoms with Crippen molar-refractivity contribution in [1.82, 2.24) is 10.1 Å². The summed E-state index contributed by atoms with van der Waals surface area (Å²) in [6.07, 6.45) is 0. The van der Waals surface area contributed by atoms with Gasteiger partial charge < -0.3 is 4.74 Å². The number of imide groups is 2. The van der Waals surface area contributed by atoms with Crippen molar-refractivity contribution in [2.24, 2.45) is 0 Å². The van der Waals surface area contributed by atoms with Gasteiger partial charge in [0.05, 0.1) is 48.7 Å². The summed E-state index contributed by atoms with van der Waals surface area (Å²) in [7, 11) is 0. The summed E-state index contributed by atoms with van der Waals surface area (Å²) in [5.41, 5.74) is 1.20. The number of ether oxygens (including phenoxy) is 1. The first kappa shape index (κ1) is 18.9. The zero-order valence-corrected chi connectivity index (χ0v) is 15.2. The quantitative estimate of drug-likeness (QED) is 0.492. The minimum atomic E-state index is -0.514. The number of rotatable bonds is 8. The first-order chi connectivity index (χ1) is 14.1. The van der Waals surface area contributed by atoms with Crippen molar-refractivity contribution in [3.05, 3.63) is 70.8 Å². The molecule has 9 nitrogen and oxygen atoms in total. The van der Waals surface area contributed by atoms with Crippen LogP contribution in [0.2, 0.25) is 0 Å². The van der Waals surface area contributed by atoms with E-state index in [4.69, 9.17) is 14.4 Å². The molecule has 0 bridgehead atoms. The third kappa shape index (κ3) is 3.42. The average Bonchev–Trinajstić information content (AvgIpc) is 3.13. The van der Waals surface area contributed by atoms with Gasteiger partial charge in [-0.05, 0) is 24.3 Å². The lowest BCUT2D eigenvalue weighted by Crippen LogP contribution is -2.32. The van der Waals surface area contributed by atoms with Crippen LogP contribution in [0.25, 0.3) is 0 Å². The lowest BCUT2D eigenvalue weighted by molar-refractivity contribution is -0.123. The lowest BCUT2D eigenvalue weighted by Gasteiger charge is -2.14. The smallest absolute Gasteiger partial charge is 0.285 e. The van der Waals surface area contributed by atoms with Crippen LogP contribution in [0.5, 0.6) is 0 Å². The fourth-order valence-corrected chi connectivity index (χ4v) is 3.05. The van der Waals surface area contributed by atoms with E-state index in [0.29, 0.717) is 32.4 Å². The van der Waals surface area contributed by atoms with Crippen molar-refractivity contribution in [3.8, 4) is 0 Å². The van der Waals surface area contributed by atoms with Crippen molar-refractivity contribution in [3.63, 3.8) is 0 Å². The van der Waals surface area contributed by atoms with Crippen molar-refractivity contribution < 1.29 is 33.6 Å². The maximum absolute atomic E-state index is 12.1. The predicted octanol–water partition coefficient (Wildman–Crippen LogP) is 1.46. The summed E-state index contributed by atoms with van der Waals surface area (Å²) in [4.78, 5) is 58.9. The van der Waals surface area contributed by atoms with E-state index < -0.39 is 23.6 Å². The highest BCUT2D eigenvalue weighted by Crippen LogP contribution is 2.23. The average molecular weight is 396 g/mol. The van der Waals surface area contributed by atoms with Crippen LogP contribution in [0.4, 0.5) is 0 Å². The molecule has 29 heavy (non-hydrogen) atoms. The van der Waals surface area contributed by atoms with Crippen molar-refractivity contribution in [1.29, 1.82) is 0 Å². The molecule has 0 radical (unpaired) electrons. The van der Waals surface area contributed by atoms with E-state index in [0.717, 1.165) is 0 Å². The topological polar surface area (TPSA) is 102 Å². The molecule has 2 aliphatic heterocycles. The minimum absolute atomic E-state index is 0.0293. The Morgan fingerprint density at radius 1 is 0.517 bits per heavy atom. The molecule has 2 aromatic carbocycles. The van der Waals surface area contributed by atoms with E-state index in [9.17, 15) is 19.2 Å². The Labute approximate surface area is 165 Å². The fourth-order valence-electron chi connectivity index (χ4n) is 3.05. The summed E-state index contributed by atoms with van der Waals surface area (Å²) >= 11 is 0. The van der Waals surface area contributed by atoms with E-state index in [2.05, 4.69) is 0 Å². The van der Waals surface area contributed by atoms with E-state index >= 15 is 0 Å². The first-order valence-electron chi connectivity index (χ1n) is 8.89. The van der Waals surface area contributed by atoms with E-state index in [1.54, 1.807) is 48.5 Å². The van der Waals surface area contributed by atoms with Gasteiger partial charge >= 0.3 is 0 Å². The summed E-state index contributed by atoms with van der Waals surface area (Å²) in [5.74, 6) is -2.06. The van der Waals surface area contributed by atoms with Crippen LogP contribution >= 0.6 is 0 Å². The minimum Gasteiger partial charge on any atom is -0.376 e. The number of carbonyl (C=O) groups excluding carboxylic acids is 4. The molecule has 0 unspecified atom stereocenters. The Kier molecular flexibility index (Phi) is 5.17. The van der Waals surface area contributed by atoms with Crippen LogP contribution in [0.3, 0.4) is 0 Å². The van der Waals surface area contributed by atoms with Gasteiger partial charge in [0.25, 0.3) is 23.6 Å². The second-order valence-corrected chi connectivity index (χ2v) is 6.18. The molecule has 4 amide bonds. The predicted molar refractivity (Wildman–Crippen MR) is 96.6 cm³/mol. The zero-order valence-electron chi connectivity index (χ0n) is 15.2. The molecule has 9 heteroatoms. The van der Waals surface area contributed by atoms with Gasteiger partial charge in [-0.2, -0.15) is 0 Å². The van der Waals surface area contributed by atoms with Crippen molar-refractivity contribution in [2.45, 2.75) is 0 Å². The number of amides is 4. The molecule has 2 heterocycles. The molecule has 0 N–H and O–H groups in total. The van der Waals surface area contributed by atoms with Crippen LogP contribution in [-0.4, -0.2) is 60.2 Å². The van der Waals surface area contributed by atoms with Gasteiger partial charge in [-0.3, -0.25) is 28.9 Å². The van der Waals surface area contributed by atoms with Crippen LogP contribution in [0, 0.1) is 0 Å². The number of hydrogen-bond donors (Lipinski definition) is 0. The SMILES string of the molecule is O=C1c2ccccc2C(=O)N1OCCOCCON1C(=O)c2ccccc2C1=O. The summed E-state index contributed by atoms with van der Waals surface area (Å²) in [5, 5.41) is 1.42. The standard InChI is InChI=1S/C20H16N2O7/c23-17-13-5-1-2-6-14(13)18(24)21(17)28-11-9-27-10-12-29-22-19(25)15-7-3-4-8-16(15)20(22)26/h1-8H,9-12H2. The molecular formula is C20H16N2O7. The molecule has 0 saturated heterocycles.